The molecule has 2 N–H and O–H groups in total. The number of hydrogen-bond acceptors (Lipinski definition) is 5. The Morgan fingerprint density at radius 3 is 2.50 bits per heavy atom. The highest BCUT2D eigenvalue weighted by Crippen LogP contribution is 2.07. The van der Waals surface area contributed by atoms with Crippen LogP contribution in [0, 0.1) is 11.3 Å². The van der Waals surface area contributed by atoms with Gasteiger partial charge in [-0.2, -0.15) is 5.26 Å². The molecule has 18 heavy (non-hydrogen) atoms. The average Bonchev–Trinajstić information content (AvgIpc) is 2.21. The highest BCUT2D eigenvalue weighted by molar-refractivity contribution is 5.68. The number of methoxy groups -OCH3 is 1. The quantitative estimate of drug-likeness (QED) is 0.694. The second kappa shape index (κ2) is 7.90. The monoisotopic (exact) mass is 257 g/mol. The van der Waals surface area contributed by atoms with Crippen LogP contribution in [0.1, 0.15) is 27.7 Å². The third kappa shape index (κ3) is 7.87. The van der Waals surface area contributed by atoms with Crippen LogP contribution >= 0.6 is 0 Å². The molecule has 6 heteroatoms. The van der Waals surface area contributed by atoms with Crippen molar-refractivity contribution in [3.8, 4) is 6.07 Å². The number of rotatable bonds is 6. The number of amides is 1. The molecule has 0 aliphatic heterocycles. The summed E-state index contributed by atoms with van der Waals surface area (Å²) in [7, 11) is 1.59. The molecule has 0 radical (unpaired) electrons. The van der Waals surface area contributed by atoms with Crippen molar-refractivity contribution in [3.63, 3.8) is 0 Å². The van der Waals surface area contributed by atoms with Crippen molar-refractivity contribution in [3.05, 3.63) is 0 Å². The van der Waals surface area contributed by atoms with E-state index in [1.807, 2.05) is 0 Å². The molecule has 0 spiro atoms. The van der Waals surface area contributed by atoms with Gasteiger partial charge in [-0.25, -0.2) is 4.79 Å². The maximum Gasteiger partial charge on any atom is 0.407 e. The van der Waals surface area contributed by atoms with Gasteiger partial charge in [0.1, 0.15) is 11.6 Å². The molecule has 104 valence electrons. The number of carbonyl (C=O) groups is 1. The molecule has 2 atom stereocenters. The molecular weight excluding hydrogens is 234 g/mol. The van der Waals surface area contributed by atoms with Crippen molar-refractivity contribution < 1.29 is 14.3 Å². The highest BCUT2D eigenvalue weighted by atomic mass is 16.6. The zero-order chi connectivity index (χ0) is 14.2. The van der Waals surface area contributed by atoms with Crippen LogP contribution in [0.25, 0.3) is 0 Å². The average molecular weight is 257 g/mol. The molecule has 1 amide bonds. The first-order valence-corrected chi connectivity index (χ1v) is 5.91. The van der Waals surface area contributed by atoms with E-state index in [0.29, 0.717) is 13.2 Å². The van der Waals surface area contributed by atoms with E-state index in [1.165, 1.54) is 0 Å². The molecule has 0 heterocycles. The van der Waals surface area contributed by atoms with Gasteiger partial charge in [-0.15, -0.1) is 0 Å². The van der Waals surface area contributed by atoms with E-state index in [2.05, 4.69) is 16.7 Å². The number of nitrogens with one attached hydrogen (secondary N) is 2. The third-order valence-corrected chi connectivity index (χ3v) is 2.05. The molecule has 2 unspecified atom stereocenters. The van der Waals surface area contributed by atoms with Gasteiger partial charge in [-0.05, 0) is 27.7 Å². The van der Waals surface area contributed by atoms with Gasteiger partial charge in [0.15, 0.2) is 0 Å². The van der Waals surface area contributed by atoms with Crippen molar-refractivity contribution in [2.24, 2.45) is 0 Å². The summed E-state index contributed by atoms with van der Waals surface area (Å²) in [5.74, 6) is 0. The molecule has 0 aromatic rings. The minimum atomic E-state index is -0.546. The van der Waals surface area contributed by atoms with Crippen LogP contribution in [-0.2, 0) is 9.47 Å². The second-order valence-electron chi connectivity index (χ2n) is 4.99. The zero-order valence-electron chi connectivity index (χ0n) is 11.7. The summed E-state index contributed by atoms with van der Waals surface area (Å²) in [6.45, 7) is 8.17. The summed E-state index contributed by atoms with van der Waals surface area (Å²) in [5.41, 5.74) is -0.546. The molecule has 0 rings (SSSR count). The Morgan fingerprint density at radius 1 is 1.44 bits per heavy atom. The molecule has 0 saturated heterocycles. The van der Waals surface area contributed by atoms with Crippen LogP contribution in [0.3, 0.4) is 0 Å². The number of nitrogens with zero attached hydrogens (tertiary/aromatic N) is 1. The first-order chi connectivity index (χ1) is 8.30. The summed E-state index contributed by atoms with van der Waals surface area (Å²) in [6, 6.07) is 1.27. The van der Waals surface area contributed by atoms with Gasteiger partial charge in [0.05, 0.1) is 18.7 Å². The second-order valence-corrected chi connectivity index (χ2v) is 4.99. The van der Waals surface area contributed by atoms with Crippen LogP contribution in [-0.4, -0.2) is 44.0 Å². The van der Waals surface area contributed by atoms with Crippen molar-refractivity contribution in [2.45, 2.75) is 45.4 Å². The number of hydrogen-bond donors (Lipinski definition) is 2. The summed E-state index contributed by atoms with van der Waals surface area (Å²) in [4.78, 5) is 11.5. The molecular formula is C12H23N3O3. The molecule has 0 aliphatic carbocycles. The minimum Gasteiger partial charge on any atom is -0.444 e. The predicted octanol–water partition coefficient (Wildman–Crippen LogP) is 1.03. The zero-order valence-corrected chi connectivity index (χ0v) is 11.7. The lowest BCUT2D eigenvalue weighted by atomic mass is 10.1. The first-order valence-electron chi connectivity index (χ1n) is 5.91. The molecule has 0 bridgehead atoms. The van der Waals surface area contributed by atoms with Crippen LogP contribution in [0.4, 0.5) is 4.79 Å². The lowest BCUT2D eigenvalue weighted by Crippen LogP contribution is -2.49. The van der Waals surface area contributed by atoms with Crippen molar-refractivity contribution in [2.75, 3.05) is 20.3 Å². The van der Waals surface area contributed by atoms with E-state index in [4.69, 9.17) is 14.7 Å². The summed E-state index contributed by atoms with van der Waals surface area (Å²) >= 11 is 0. The largest absolute Gasteiger partial charge is 0.444 e. The van der Waals surface area contributed by atoms with E-state index in [-0.39, 0.29) is 6.04 Å². The van der Waals surface area contributed by atoms with Gasteiger partial charge in [0, 0.05) is 13.7 Å². The van der Waals surface area contributed by atoms with Gasteiger partial charge in [0.25, 0.3) is 0 Å². The van der Waals surface area contributed by atoms with Crippen molar-refractivity contribution in [1.29, 1.82) is 5.26 Å². The van der Waals surface area contributed by atoms with Crippen LogP contribution < -0.4 is 10.6 Å². The fourth-order valence-electron chi connectivity index (χ4n) is 1.23. The van der Waals surface area contributed by atoms with Crippen molar-refractivity contribution in [1.82, 2.24) is 10.6 Å². The maximum absolute atomic E-state index is 11.5. The standard InChI is InChI=1S/C12H23N3O3/c1-9(10(8-13)14-6-7-17-5)15-11(16)18-12(2,3)4/h9-10,14H,6-7H2,1-5H3,(H,15,16). The van der Waals surface area contributed by atoms with Crippen LogP contribution in [0.5, 0.6) is 0 Å². The predicted molar refractivity (Wildman–Crippen MR) is 68.1 cm³/mol. The fraction of sp³-hybridized carbons (Fsp3) is 0.833. The normalized spacial score (nSPS) is 14.4. The van der Waals surface area contributed by atoms with Gasteiger partial charge in [-0.3, -0.25) is 5.32 Å². The molecule has 0 aromatic heterocycles. The first kappa shape index (κ1) is 16.7. The Bertz CT molecular complexity index is 294. The highest BCUT2D eigenvalue weighted by Gasteiger charge is 2.22. The maximum atomic E-state index is 11.5. The SMILES string of the molecule is COCCNC(C#N)C(C)NC(=O)OC(C)(C)C. The van der Waals surface area contributed by atoms with Gasteiger partial charge in [0.2, 0.25) is 0 Å². The van der Waals surface area contributed by atoms with Crippen molar-refractivity contribution >= 4 is 6.09 Å². The van der Waals surface area contributed by atoms with E-state index in [1.54, 1.807) is 34.8 Å². The fourth-order valence-corrected chi connectivity index (χ4v) is 1.23. The molecule has 0 aliphatic rings. The Balaban J connectivity index is 4.15. The third-order valence-electron chi connectivity index (χ3n) is 2.05. The van der Waals surface area contributed by atoms with Crippen LogP contribution in [0.15, 0.2) is 0 Å². The molecule has 6 nitrogen and oxygen atoms in total. The van der Waals surface area contributed by atoms with Gasteiger partial charge < -0.3 is 14.8 Å². The lowest BCUT2D eigenvalue weighted by molar-refractivity contribution is 0.0502. The lowest BCUT2D eigenvalue weighted by Gasteiger charge is -2.24. The Labute approximate surface area is 109 Å². The van der Waals surface area contributed by atoms with E-state index in [9.17, 15) is 4.79 Å². The molecule has 0 saturated carbocycles. The van der Waals surface area contributed by atoms with E-state index in [0.717, 1.165) is 0 Å². The Hall–Kier alpha value is -1.32. The number of nitriles is 1. The number of alkyl carbamates (subject to hydrolysis) is 1. The number of ether oxygens (including phenoxy) is 2. The Kier molecular flexibility index (Phi) is 7.32. The summed E-state index contributed by atoms with van der Waals surface area (Å²) < 4.78 is 10.00. The van der Waals surface area contributed by atoms with Crippen LogP contribution in [0.2, 0.25) is 0 Å². The Morgan fingerprint density at radius 2 is 2.06 bits per heavy atom. The molecule has 0 aromatic carbocycles. The smallest absolute Gasteiger partial charge is 0.407 e. The van der Waals surface area contributed by atoms with Gasteiger partial charge in [-0.1, -0.05) is 0 Å². The molecule has 0 fully saturated rings. The van der Waals surface area contributed by atoms with E-state index >= 15 is 0 Å². The topological polar surface area (TPSA) is 83.4 Å². The summed E-state index contributed by atoms with van der Waals surface area (Å²) in [5, 5.41) is 14.6. The minimum absolute atomic E-state index is 0.346. The summed E-state index contributed by atoms with van der Waals surface area (Å²) in [6.07, 6.45) is -0.524. The van der Waals surface area contributed by atoms with Gasteiger partial charge >= 0.3 is 6.09 Å². The number of carbonyl (C=O) groups excluding carboxylic acids is 1. The van der Waals surface area contributed by atoms with E-state index < -0.39 is 17.7 Å².